The molecule has 0 aliphatic carbocycles. The van der Waals surface area contributed by atoms with E-state index in [1.165, 1.54) is 5.56 Å². The lowest BCUT2D eigenvalue weighted by atomic mass is 10.0. The third-order valence-electron chi connectivity index (χ3n) is 5.18. The zero-order valence-electron chi connectivity index (χ0n) is 15.8. The molecule has 0 bridgehead atoms. The van der Waals surface area contributed by atoms with Gasteiger partial charge in [-0.05, 0) is 58.6 Å². The first-order chi connectivity index (χ1) is 13.6. The second-order valence-corrected chi connectivity index (χ2v) is 8.00. The van der Waals surface area contributed by atoms with Crippen molar-refractivity contribution in [3.63, 3.8) is 0 Å². The number of methoxy groups -OCH3 is 1. The molecule has 2 aromatic carbocycles. The molecule has 146 valence electrons. The molecule has 28 heavy (non-hydrogen) atoms. The number of rotatable bonds is 5. The van der Waals surface area contributed by atoms with Crippen LogP contribution in [0.25, 0.3) is 11.0 Å². The standard InChI is InChI=1S/C22H23BrN2O3/c1-27-18-6-2-4-15(12-18)14-25-10-8-17(9-11-25)24-22(26)20-13-16-5-3-7-19(23)21(16)28-20/h2-7,12-13,17H,8-11,14H2,1H3,(H,24,26). The van der Waals surface area contributed by atoms with E-state index in [4.69, 9.17) is 9.15 Å². The number of furan rings is 1. The van der Waals surface area contributed by atoms with Crippen molar-refractivity contribution < 1.29 is 13.9 Å². The third kappa shape index (κ3) is 4.23. The molecule has 1 fully saturated rings. The molecule has 1 N–H and O–H groups in total. The first kappa shape index (κ1) is 19.0. The summed E-state index contributed by atoms with van der Waals surface area (Å²) in [6.07, 6.45) is 1.86. The molecule has 1 aliphatic heterocycles. The molecule has 0 saturated carbocycles. The van der Waals surface area contributed by atoms with Gasteiger partial charge in [0.25, 0.3) is 5.91 Å². The van der Waals surface area contributed by atoms with Crippen LogP contribution in [0.15, 0.2) is 57.4 Å². The molecule has 1 saturated heterocycles. The highest BCUT2D eigenvalue weighted by atomic mass is 79.9. The molecule has 5 nitrogen and oxygen atoms in total. The van der Waals surface area contributed by atoms with E-state index in [1.54, 1.807) is 13.2 Å². The van der Waals surface area contributed by atoms with Crippen LogP contribution < -0.4 is 10.1 Å². The van der Waals surface area contributed by atoms with Gasteiger partial charge in [0.1, 0.15) is 11.3 Å². The number of likely N-dealkylation sites (tertiary alicyclic amines) is 1. The maximum atomic E-state index is 12.6. The number of hydrogen-bond acceptors (Lipinski definition) is 4. The van der Waals surface area contributed by atoms with Crippen molar-refractivity contribution in [2.75, 3.05) is 20.2 Å². The monoisotopic (exact) mass is 442 g/mol. The van der Waals surface area contributed by atoms with Crippen molar-refractivity contribution in [1.82, 2.24) is 10.2 Å². The Kier molecular flexibility index (Phi) is 5.69. The largest absolute Gasteiger partial charge is 0.497 e. The van der Waals surface area contributed by atoms with Crippen molar-refractivity contribution >= 4 is 32.8 Å². The molecule has 4 rings (SSSR count). The van der Waals surface area contributed by atoms with Crippen LogP contribution in [0.5, 0.6) is 5.75 Å². The van der Waals surface area contributed by atoms with Gasteiger partial charge in [0, 0.05) is 31.1 Å². The summed E-state index contributed by atoms with van der Waals surface area (Å²) < 4.78 is 11.9. The molecule has 0 atom stereocenters. The van der Waals surface area contributed by atoms with Crippen molar-refractivity contribution in [3.05, 3.63) is 64.3 Å². The molecule has 6 heteroatoms. The van der Waals surface area contributed by atoms with Gasteiger partial charge >= 0.3 is 0 Å². The number of para-hydroxylation sites is 1. The van der Waals surface area contributed by atoms with Crippen molar-refractivity contribution in [2.24, 2.45) is 0 Å². The second-order valence-electron chi connectivity index (χ2n) is 7.14. The number of fused-ring (bicyclic) bond motifs is 1. The van der Waals surface area contributed by atoms with Crippen LogP contribution in [0.1, 0.15) is 29.0 Å². The molecule has 0 spiro atoms. The average Bonchev–Trinajstić information content (AvgIpc) is 3.16. The summed E-state index contributed by atoms with van der Waals surface area (Å²) >= 11 is 3.46. The van der Waals surface area contributed by atoms with E-state index in [0.29, 0.717) is 11.3 Å². The number of carbonyl (C=O) groups is 1. The smallest absolute Gasteiger partial charge is 0.287 e. The fourth-order valence-electron chi connectivity index (χ4n) is 3.66. The maximum Gasteiger partial charge on any atom is 0.287 e. The molecule has 1 aromatic heterocycles. The van der Waals surface area contributed by atoms with Gasteiger partial charge in [0.2, 0.25) is 0 Å². The van der Waals surface area contributed by atoms with Crippen LogP contribution in [-0.4, -0.2) is 37.0 Å². The Hall–Kier alpha value is -2.31. The Morgan fingerprint density at radius 1 is 1.21 bits per heavy atom. The summed E-state index contributed by atoms with van der Waals surface area (Å²) in [6, 6.07) is 15.9. The maximum absolute atomic E-state index is 12.6. The Morgan fingerprint density at radius 3 is 2.75 bits per heavy atom. The number of nitrogens with one attached hydrogen (secondary N) is 1. The topological polar surface area (TPSA) is 54.7 Å². The summed E-state index contributed by atoms with van der Waals surface area (Å²) in [6.45, 7) is 2.80. The number of ether oxygens (including phenoxy) is 1. The van der Waals surface area contributed by atoms with E-state index < -0.39 is 0 Å². The van der Waals surface area contributed by atoms with Gasteiger partial charge in [-0.1, -0.05) is 24.3 Å². The van der Waals surface area contributed by atoms with Gasteiger partial charge in [-0.15, -0.1) is 0 Å². The number of hydrogen-bond donors (Lipinski definition) is 1. The first-order valence-electron chi connectivity index (χ1n) is 9.46. The highest BCUT2D eigenvalue weighted by molar-refractivity contribution is 9.10. The van der Waals surface area contributed by atoms with Crippen LogP contribution in [0.4, 0.5) is 0 Å². The van der Waals surface area contributed by atoms with Gasteiger partial charge < -0.3 is 14.5 Å². The minimum Gasteiger partial charge on any atom is -0.497 e. The zero-order chi connectivity index (χ0) is 19.5. The molecule has 0 unspecified atom stereocenters. The summed E-state index contributed by atoms with van der Waals surface area (Å²) in [4.78, 5) is 15.0. The normalized spacial score (nSPS) is 15.6. The zero-order valence-corrected chi connectivity index (χ0v) is 17.4. The summed E-state index contributed by atoms with van der Waals surface area (Å²) in [5, 5.41) is 4.05. The minimum atomic E-state index is -0.144. The second kappa shape index (κ2) is 8.37. The van der Waals surface area contributed by atoms with Crippen molar-refractivity contribution in [1.29, 1.82) is 0 Å². The number of nitrogens with zero attached hydrogens (tertiary/aromatic N) is 1. The van der Waals surface area contributed by atoms with Crippen LogP contribution in [0.2, 0.25) is 0 Å². The Labute approximate surface area is 172 Å². The predicted molar refractivity (Wildman–Crippen MR) is 113 cm³/mol. The Balaban J connectivity index is 1.32. The molecule has 2 heterocycles. The summed E-state index contributed by atoms with van der Waals surface area (Å²) in [5.41, 5.74) is 1.95. The fourth-order valence-corrected chi connectivity index (χ4v) is 4.12. The highest BCUT2D eigenvalue weighted by Gasteiger charge is 2.23. The number of halogens is 1. The van der Waals surface area contributed by atoms with Crippen molar-refractivity contribution in [2.45, 2.75) is 25.4 Å². The third-order valence-corrected chi connectivity index (χ3v) is 5.81. The Bertz CT molecular complexity index is 977. The number of benzene rings is 2. The van der Waals surface area contributed by atoms with Gasteiger partial charge in [0.05, 0.1) is 11.6 Å². The summed E-state index contributed by atoms with van der Waals surface area (Å²) in [7, 11) is 1.69. The fraction of sp³-hybridized carbons (Fsp3) is 0.318. The van der Waals surface area contributed by atoms with Gasteiger partial charge in [0.15, 0.2) is 5.76 Å². The lowest BCUT2D eigenvalue weighted by Crippen LogP contribution is -2.44. The van der Waals surface area contributed by atoms with Crippen LogP contribution in [-0.2, 0) is 6.54 Å². The highest BCUT2D eigenvalue weighted by Crippen LogP contribution is 2.27. The van der Waals surface area contributed by atoms with Gasteiger partial charge in [-0.3, -0.25) is 9.69 Å². The molecule has 1 aliphatic rings. The van der Waals surface area contributed by atoms with E-state index in [9.17, 15) is 4.79 Å². The van der Waals surface area contributed by atoms with Gasteiger partial charge in [-0.2, -0.15) is 0 Å². The quantitative estimate of drug-likeness (QED) is 0.627. The minimum absolute atomic E-state index is 0.144. The predicted octanol–water partition coefficient (Wildman–Crippen LogP) is 4.60. The molecular formula is C22H23BrN2O3. The van der Waals surface area contributed by atoms with E-state index in [2.05, 4.69) is 38.3 Å². The van der Waals surface area contributed by atoms with Crippen LogP contribution >= 0.6 is 15.9 Å². The van der Waals surface area contributed by atoms with Crippen LogP contribution in [0, 0.1) is 0 Å². The van der Waals surface area contributed by atoms with E-state index >= 15 is 0 Å². The average molecular weight is 443 g/mol. The number of amides is 1. The van der Waals surface area contributed by atoms with Crippen molar-refractivity contribution in [3.8, 4) is 5.75 Å². The Morgan fingerprint density at radius 2 is 2.00 bits per heavy atom. The molecule has 0 radical (unpaired) electrons. The van der Waals surface area contributed by atoms with Crippen LogP contribution in [0.3, 0.4) is 0 Å². The molecular weight excluding hydrogens is 420 g/mol. The van der Waals surface area contributed by atoms with E-state index in [0.717, 1.165) is 48.1 Å². The molecule has 1 amide bonds. The SMILES string of the molecule is COc1cccc(CN2CCC(NC(=O)c3cc4cccc(Br)c4o3)CC2)c1. The number of piperidine rings is 1. The summed E-state index contributed by atoms with van der Waals surface area (Å²) in [5.74, 6) is 1.10. The first-order valence-corrected chi connectivity index (χ1v) is 10.3. The van der Waals surface area contributed by atoms with E-state index in [-0.39, 0.29) is 11.9 Å². The lowest BCUT2D eigenvalue weighted by Gasteiger charge is -2.32. The molecule has 3 aromatic rings. The lowest BCUT2D eigenvalue weighted by molar-refractivity contribution is 0.0883. The van der Waals surface area contributed by atoms with Gasteiger partial charge in [-0.25, -0.2) is 0 Å². The number of carbonyl (C=O) groups excluding carboxylic acids is 1. The van der Waals surface area contributed by atoms with E-state index in [1.807, 2.05) is 30.3 Å².